The second-order valence-electron chi connectivity index (χ2n) is 17.5. The highest BCUT2D eigenvalue weighted by molar-refractivity contribution is 6.23. The van der Waals surface area contributed by atoms with Gasteiger partial charge in [0.1, 0.15) is 17.6 Å². The summed E-state index contributed by atoms with van der Waals surface area (Å²) in [6.07, 6.45) is 5.66. The highest BCUT2D eigenvalue weighted by Crippen LogP contribution is 2.47. The molecule has 3 fully saturated rings. The van der Waals surface area contributed by atoms with Crippen molar-refractivity contribution in [3.63, 3.8) is 0 Å². The van der Waals surface area contributed by atoms with E-state index in [9.17, 15) is 33.5 Å². The van der Waals surface area contributed by atoms with Crippen molar-refractivity contribution >= 4 is 35.2 Å². The van der Waals surface area contributed by atoms with Crippen LogP contribution in [0.15, 0.2) is 78.9 Å². The number of hydrogen-bond donors (Lipinski definition) is 2. The summed E-state index contributed by atoms with van der Waals surface area (Å²) in [6.45, 7) is 4.43. The average Bonchev–Trinajstić information content (AvgIpc) is 3.79. The maximum atomic E-state index is 13.9. The van der Waals surface area contributed by atoms with E-state index in [2.05, 4.69) is 45.4 Å². The number of nitrogens with one attached hydrogen (secondary N) is 1. The number of rotatable bonds is 6. The fourth-order valence-electron chi connectivity index (χ4n) is 11.0. The Balaban J connectivity index is 0.732. The van der Waals surface area contributed by atoms with Gasteiger partial charge in [-0.2, -0.15) is 0 Å². The average molecular weight is 810 g/mol. The topological polar surface area (TPSA) is 131 Å². The highest BCUT2D eigenvalue weighted by Gasteiger charge is 2.46. The number of benzene rings is 4. The first-order valence-electron chi connectivity index (χ1n) is 21.4. The summed E-state index contributed by atoms with van der Waals surface area (Å²) in [5.41, 5.74) is 8.14. The Labute approximate surface area is 348 Å². The Hall–Kier alpha value is -5.88. The van der Waals surface area contributed by atoms with E-state index in [4.69, 9.17) is 0 Å². The van der Waals surface area contributed by atoms with E-state index in [1.807, 2.05) is 23.1 Å². The summed E-state index contributed by atoms with van der Waals surface area (Å²) < 4.78 is 13.9. The van der Waals surface area contributed by atoms with Gasteiger partial charge in [0.25, 0.3) is 11.8 Å². The molecular formula is C48H48FN5O6. The second-order valence-corrected chi connectivity index (χ2v) is 17.5. The van der Waals surface area contributed by atoms with Crippen LogP contribution in [0.2, 0.25) is 0 Å². The number of carbonyl (C=O) groups is 5. The van der Waals surface area contributed by atoms with Gasteiger partial charge >= 0.3 is 0 Å². The molecule has 10 rings (SSSR count). The molecule has 0 radical (unpaired) electrons. The number of imide groups is 2. The van der Waals surface area contributed by atoms with Crippen molar-refractivity contribution in [1.29, 1.82) is 0 Å². The Bertz CT molecular complexity index is 2360. The van der Waals surface area contributed by atoms with Crippen LogP contribution in [0.25, 0.3) is 0 Å². The molecule has 5 heterocycles. The van der Waals surface area contributed by atoms with Crippen LogP contribution in [0.1, 0.15) is 111 Å². The van der Waals surface area contributed by atoms with Crippen molar-refractivity contribution in [2.75, 3.05) is 31.1 Å². The van der Waals surface area contributed by atoms with Crippen molar-refractivity contribution in [3.05, 3.63) is 129 Å². The summed E-state index contributed by atoms with van der Waals surface area (Å²) >= 11 is 0. The molecule has 0 bridgehead atoms. The SMILES string of the molecule is O=C1CCC(N2C(=O)c3cc4c(cc3C2=O)CN(C(=O)C2CCN(C3CCN(c5ccc([C@@H]6c7ccc(O)cc7CC[C@@H]6c6ccc(F)cc6)cc5)CC3)CC2)C4)C(=O)N1. The van der Waals surface area contributed by atoms with Gasteiger partial charge in [0.15, 0.2) is 0 Å². The quantitative estimate of drug-likeness (QED) is 0.227. The van der Waals surface area contributed by atoms with Crippen LogP contribution >= 0.6 is 0 Å². The number of phenolic OH excluding ortho intramolecular Hbond substituents is 1. The number of halogens is 1. The van der Waals surface area contributed by atoms with Crippen molar-refractivity contribution < 1.29 is 33.5 Å². The molecule has 60 heavy (non-hydrogen) atoms. The minimum Gasteiger partial charge on any atom is -0.508 e. The number of fused-ring (bicyclic) bond motifs is 3. The Morgan fingerprint density at radius 2 is 1.33 bits per heavy atom. The maximum absolute atomic E-state index is 13.9. The molecule has 1 unspecified atom stereocenters. The number of carbonyl (C=O) groups excluding carboxylic acids is 5. The summed E-state index contributed by atoms with van der Waals surface area (Å²) in [7, 11) is 0. The summed E-state index contributed by atoms with van der Waals surface area (Å²) in [5.74, 6) is -1.70. The lowest BCUT2D eigenvalue weighted by molar-refractivity contribution is -0.138. The Morgan fingerprint density at radius 1 is 0.683 bits per heavy atom. The van der Waals surface area contributed by atoms with Gasteiger partial charge < -0.3 is 19.8 Å². The zero-order chi connectivity index (χ0) is 41.2. The van der Waals surface area contributed by atoms with Crippen molar-refractivity contribution in [2.24, 2.45) is 5.92 Å². The summed E-state index contributed by atoms with van der Waals surface area (Å²) in [5, 5.41) is 12.5. The molecule has 308 valence electrons. The molecule has 0 spiro atoms. The van der Waals surface area contributed by atoms with Crippen LogP contribution in [0.5, 0.6) is 5.75 Å². The lowest BCUT2D eigenvalue weighted by Crippen LogP contribution is -2.54. The van der Waals surface area contributed by atoms with E-state index in [1.165, 1.54) is 22.4 Å². The molecule has 2 N–H and O–H groups in total. The van der Waals surface area contributed by atoms with Crippen molar-refractivity contribution in [3.8, 4) is 5.75 Å². The fraction of sp³-hybridized carbons (Fsp3) is 0.396. The molecule has 0 aromatic heterocycles. The number of aryl methyl sites for hydroxylation is 1. The van der Waals surface area contributed by atoms with E-state index in [1.54, 1.807) is 30.3 Å². The van der Waals surface area contributed by atoms with Gasteiger partial charge in [0, 0.05) is 56.2 Å². The van der Waals surface area contributed by atoms with Crippen molar-refractivity contribution in [1.82, 2.24) is 20.0 Å². The van der Waals surface area contributed by atoms with Gasteiger partial charge in [-0.25, -0.2) is 4.39 Å². The predicted octanol–water partition coefficient (Wildman–Crippen LogP) is 6.02. The molecule has 5 aliphatic heterocycles. The van der Waals surface area contributed by atoms with Gasteiger partial charge in [-0.1, -0.05) is 30.3 Å². The minimum absolute atomic E-state index is 0.0698. The number of phenols is 1. The van der Waals surface area contributed by atoms with Crippen LogP contribution in [-0.4, -0.2) is 87.6 Å². The third-order valence-corrected chi connectivity index (χ3v) is 14.2. The van der Waals surface area contributed by atoms with Crippen LogP contribution < -0.4 is 10.2 Å². The third-order valence-electron chi connectivity index (χ3n) is 14.2. The fourth-order valence-corrected chi connectivity index (χ4v) is 11.0. The largest absolute Gasteiger partial charge is 0.508 e. The number of aromatic hydroxyl groups is 1. The molecule has 12 heteroatoms. The normalized spacial score (nSPS) is 23.8. The molecule has 3 atom stereocenters. The maximum Gasteiger partial charge on any atom is 0.262 e. The number of anilines is 1. The zero-order valence-electron chi connectivity index (χ0n) is 33.4. The van der Waals surface area contributed by atoms with Gasteiger partial charge in [-0.05, 0) is 146 Å². The second kappa shape index (κ2) is 15.3. The Morgan fingerprint density at radius 3 is 1.98 bits per heavy atom. The minimum atomic E-state index is -1.01. The summed E-state index contributed by atoms with van der Waals surface area (Å²) in [4.78, 5) is 72.5. The molecule has 11 nitrogen and oxygen atoms in total. The van der Waals surface area contributed by atoms with Gasteiger partial charge in [-0.15, -0.1) is 0 Å². The first-order chi connectivity index (χ1) is 29.1. The van der Waals surface area contributed by atoms with E-state index < -0.39 is 29.7 Å². The van der Waals surface area contributed by atoms with Crippen LogP contribution in [0.4, 0.5) is 10.1 Å². The molecule has 4 aromatic rings. The lowest BCUT2D eigenvalue weighted by Gasteiger charge is -2.42. The smallest absolute Gasteiger partial charge is 0.262 e. The van der Waals surface area contributed by atoms with E-state index in [-0.39, 0.29) is 59.2 Å². The third kappa shape index (κ3) is 6.84. The number of amides is 5. The van der Waals surface area contributed by atoms with E-state index >= 15 is 0 Å². The highest BCUT2D eigenvalue weighted by atomic mass is 19.1. The summed E-state index contributed by atoms with van der Waals surface area (Å²) in [6, 6.07) is 24.5. The van der Waals surface area contributed by atoms with Crippen molar-refractivity contribution in [2.45, 2.75) is 88.4 Å². The monoisotopic (exact) mass is 809 g/mol. The molecule has 3 saturated heterocycles. The predicted molar refractivity (Wildman–Crippen MR) is 221 cm³/mol. The molecular weight excluding hydrogens is 762 g/mol. The molecule has 1 aliphatic carbocycles. The molecule has 0 saturated carbocycles. The number of likely N-dealkylation sites (tertiary alicyclic amines) is 1. The lowest BCUT2D eigenvalue weighted by atomic mass is 9.69. The first kappa shape index (κ1) is 38.3. The Kier molecular flexibility index (Phi) is 9.77. The van der Waals surface area contributed by atoms with Gasteiger partial charge in [0.2, 0.25) is 17.7 Å². The molecule has 5 amide bonds. The van der Waals surface area contributed by atoms with Crippen LogP contribution in [-0.2, 0) is 33.9 Å². The number of piperidine rings is 3. The first-order valence-corrected chi connectivity index (χ1v) is 21.4. The van der Waals surface area contributed by atoms with E-state index in [0.717, 1.165) is 86.3 Å². The van der Waals surface area contributed by atoms with Gasteiger partial charge in [-0.3, -0.25) is 34.2 Å². The van der Waals surface area contributed by atoms with E-state index in [0.29, 0.717) is 19.1 Å². The number of nitrogens with zero attached hydrogens (tertiary/aromatic N) is 4. The molecule has 4 aromatic carbocycles. The zero-order valence-corrected chi connectivity index (χ0v) is 33.4. The van der Waals surface area contributed by atoms with Gasteiger partial charge in [0.05, 0.1) is 11.1 Å². The molecule has 6 aliphatic rings. The van der Waals surface area contributed by atoms with Crippen LogP contribution in [0, 0.1) is 11.7 Å². The van der Waals surface area contributed by atoms with Crippen LogP contribution in [0.3, 0.4) is 0 Å². The number of hydrogen-bond acceptors (Lipinski definition) is 8. The standard InChI is InChI=1S/C48H48FN5O6/c49-34-6-1-28(2-7-34)38-11-5-31-23-37(55)10-12-39(31)44(38)29-3-8-35(9-4-29)52-21-17-36(18-22-52)51-19-15-30(16-20-51)46(58)53-26-32-24-40-41(25-33(32)27-53)48(60)54(47(40)59)42-13-14-43(56)50-45(42)57/h1-4,6-10,12,23-25,30,36,38,42,44,55H,5,11,13-22,26-27H2,(H,50,56,57)/t38-,42?,44+/m1/s1.